The van der Waals surface area contributed by atoms with Gasteiger partial charge in [0.1, 0.15) is 0 Å². The molecule has 8 heteroatoms. The van der Waals surface area contributed by atoms with Crippen LogP contribution in [0.15, 0.2) is 18.2 Å². The third kappa shape index (κ3) is 7.55. The van der Waals surface area contributed by atoms with Crippen LogP contribution in [0.5, 0.6) is 11.5 Å². The van der Waals surface area contributed by atoms with Crippen molar-refractivity contribution in [2.75, 3.05) is 34.4 Å². The zero-order chi connectivity index (χ0) is 20.6. The second-order valence-electron chi connectivity index (χ2n) is 7.27. The molecule has 0 aromatic heterocycles. The first-order chi connectivity index (χ1) is 12.5. The van der Waals surface area contributed by atoms with Crippen molar-refractivity contribution in [3.05, 3.63) is 23.8 Å². The molecule has 0 unspecified atom stereocenters. The number of likely N-dealkylation sites (N-methyl/N-ethyl adjacent to an activating group) is 1. The van der Waals surface area contributed by atoms with E-state index in [2.05, 4.69) is 10.6 Å². The van der Waals surface area contributed by atoms with Gasteiger partial charge in [0.05, 0.1) is 13.7 Å². The lowest BCUT2D eigenvalue weighted by atomic mass is 9.96. The van der Waals surface area contributed by atoms with Crippen LogP contribution in [0.4, 0.5) is 0 Å². The second kappa shape index (κ2) is 9.80. The lowest BCUT2D eigenvalue weighted by molar-refractivity contribution is -0.131. The smallest absolute Gasteiger partial charge is 0.259 e. The van der Waals surface area contributed by atoms with Gasteiger partial charge in [0.25, 0.3) is 5.91 Å². The Morgan fingerprint density at radius 2 is 1.74 bits per heavy atom. The highest BCUT2D eigenvalue weighted by Crippen LogP contribution is 2.28. The van der Waals surface area contributed by atoms with E-state index in [1.807, 2.05) is 0 Å². The molecule has 8 nitrogen and oxygen atoms in total. The monoisotopic (exact) mass is 379 g/mol. The summed E-state index contributed by atoms with van der Waals surface area (Å²) in [6, 6.07) is 5.18. The highest BCUT2D eigenvalue weighted by atomic mass is 16.5. The molecule has 0 aliphatic rings. The van der Waals surface area contributed by atoms with Gasteiger partial charge in [-0.15, -0.1) is 0 Å². The van der Waals surface area contributed by atoms with E-state index in [-0.39, 0.29) is 37.4 Å². The van der Waals surface area contributed by atoms with Gasteiger partial charge in [0.15, 0.2) is 18.1 Å². The van der Waals surface area contributed by atoms with Crippen LogP contribution < -0.4 is 20.1 Å². The number of hydrogen-bond donors (Lipinski definition) is 2. The van der Waals surface area contributed by atoms with Gasteiger partial charge in [-0.2, -0.15) is 0 Å². The second-order valence-corrected chi connectivity index (χ2v) is 7.27. The van der Waals surface area contributed by atoms with Crippen LogP contribution in [0.1, 0.15) is 26.3 Å². The van der Waals surface area contributed by atoms with E-state index in [1.54, 1.807) is 53.1 Å². The first-order valence-electron chi connectivity index (χ1n) is 8.59. The average Bonchev–Trinajstić information content (AvgIpc) is 2.61. The van der Waals surface area contributed by atoms with Crippen LogP contribution >= 0.6 is 0 Å². The zero-order valence-corrected chi connectivity index (χ0v) is 16.8. The van der Waals surface area contributed by atoms with Crippen LogP contribution in [-0.2, 0) is 20.9 Å². The SMILES string of the molecule is COc1cc(CNC(=O)CNC(=O)C(C)(C)C)ccc1OCC(=O)N(C)C. The fourth-order valence-electron chi connectivity index (χ4n) is 1.90. The highest BCUT2D eigenvalue weighted by Gasteiger charge is 2.21. The van der Waals surface area contributed by atoms with Gasteiger partial charge >= 0.3 is 0 Å². The van der Waals surface area contributed by atoms with Gasteiger partial charge < -0.3 is 25.0 Å². The Labute approximate surface area is 160 Å². The first kappa shape index (κ1) is 22.3. The van der Waals surface area contributed by atoms with Crippen molar-refractivity contribution in [3.8, 4) is 11.5 Å². The molecule has 0 spiro atoms. The molecule has 0 heterocycles. The summed E-state index contributed by atoms with van der Waals surface area (Å²) >= 11 is 0. The van der Waals surface area contributed by atoms with E-state index < -0.39 is 5.41 Å². The molecule has 1 aromatic rings. The van der Waals surface area contributed by atoms with Crippen molar-refractivity contribution in [2.45, 2.75) is 27.3 Å². The zero-order valence-electron chi connectivity index (χ0n) is 16.8. The van der Waals surface area contributed by atoms with Crippen LogP contribution in [0, 0.1) is 5.41 Å². The van der Waals surface area contributed by atoms with E-state index >= 15 is 0 Å². The van der Waals surface area contributed by atoms with Gasteiger partial charge in [-0.25, -0.2) is 0 Å². The van der Waals surface area contributed by atoms with Crippen molar-refractivity contribution in [3.63, 3.8) is 0 Å². The maximum absolute atomic E-state index is 11.9. The molecule has 27 heavy (non-hydrogen) atoms. The molecule has 1 aromatic carbocycles. The number of benzene rings is 1. The van der Waals surface area contributed by atoms with E-state index in [9.17, 15) is 14.4 Å². The van der Waals surface area contributed by atoms with E-state index in [1.165, 1.54) is 12.0 Å². The normalized spacial score (nSPS) is 10.7. The van der Waals surface area contributed by atoms with Gasteiger partial charge in [0, 0.05) is 26.1 Å². The van der Waals surface area contributed by atoms with E-state index in [4.69, 9.17) is 9.47 Å². The fraction of sp³-hybridized carbons (Fsp3) is 0.526. The van der Waals surface area contributed by atoms with Gasteiger partial charge in [-0.1, -0.05) is 26.8 Å². The summed E-state index contributed by atoms with van der Waals surface area (Å²) in [5, 5.41) is 5.33. The molecule has 0 bridgehead atoms. The summed E-state index contributed by atoms with van der Waals surface area (Å²) in [5.41, 5.74) is 0.255. The number of ether oxygens (including phenoxy) is 2. The molecule has 0 aliphatic heterocycles. The van der Waals surface area contributed by atoms with Crippen molar-refractivity contribution < 1.29 is 23.9 Å². The third-order valence-corrected chi connectivity index (χ3v) is 3.66. The quantitative estimate of drug-likeness (QED) is 0.701. The number of amides is 3. The Morgan fingerprint density at radius 1 is 1.07 bits per heavy atom. The molecule has 0 aliphatic carbocycles. The molecule has 0 saturated heterocycles. The van der Waals surface area contributed by atoms with E-state index in [0.29, 0.717) is 11.5 Å². The van der Waals surface area contributed by atoms with Crippen LogP contribution in [0.25, 0.3) is 0 Å². The van der Waals surface area contributed by atoms with Crippen molar-refractivity contribution in [1.29, 1.82) is 0 Å². The Morgan fingerprint density at radius 3 is 2.30 bits per heavy atom. The highest BCUT2D eigenvalue weighted by molar-refractivity contribution is 5.87. The first-order valence-corrected chi connectivity index (χ1v) is 8.59. The van der Waals surface area contributed by atoms with Crippen LogP contribution in [-0.4, -0.2) is 57.0 Å². The van der Waals surface area contributed by atoms with Crippen molar-refractivity contribution >= 4 is 17.7 Å². The molecule has 0 radical (unpaired) electrons. The van der Waals surface area contributed by atoms with Crippen molar-refractivity contribution in [1.82, 2.24) is 15.5 Å². The molecule has 3 amide bonds. The number of carbonyl (C=O) groups excluding carboxylic acids is 3. The van der Waals surface area contributed by atoms with E-state index in [0.717, 1.165) is 5.56 Å². The number of carbonyl (C=O) groups is 3. The number of hydrogen-bond acceptors (Lipinski definition) is 5. The topological polar surface area (TPSA) is 97.0 Å². The minimum Gasteiger partial charge on any atom is -0.493 e. The third-order valence-electron chi connectivity index (χ3n) is 3.66. The van der Waals surface area contributed by atoms with Crippen LogP contribution in [0.2, 0.25) is 0 Å². The summed E-state index contributed by atoms with van der Waals surface area (Å²) in [7, 11) is 4.80. The predicted molar refractivity (Wildman–Crippen MR) is 101 cm³/mol. The number of nitrogens with zero attached hydrogens (tertiary/aromatic N) is 1. The largest absolute Gasteiger partial charge is 0.493 e. The summed E-state index contributed by atoms with van der Waals surface area (Å²) in [4.78, 5) is 36.7. The molecular weight excluding hydrogens is 350 g/mol. The molecule has 0 fully saturated rings. The molecule has 150 valence electrons. The maximum Gasteiger partial charge on any atom is 0.259 e. The number of rotatable bonds is 8. The fourth-order valence-corrected chi connectivity index (χ4v) is 1.90. The summed E-state index contributed by atoms with van der Waals surface area (Å²) in [5.74, 6) is 0.275. The Bertz CT molecular complexity index is 680. The van der Waals surface area contributed by atoms with Crippen molar-refractivity contribution in [2.24, 2.45) is 5.41 Å². The molecule has 0 atom stereocenters. The van der Waals surface area contributed by atoms with Gasteiger partial charge in [-0.05, 0) is 17.7 Å². The Balaban J connectivity index is 2.57. The predicted octanol–water partition coefficient (Wildman–Crippen LogP) is 0.941. The number of methoxy groups -OCH3 is 1. The van der Waals surface area contributed by atoms with Crippen LogP contribution in [0.3, 0.4) is 0 Å². The van der Waals surface area contributed by atoms with Gasteiger partial charge in [0.2, 0.25) is 11.8 Å². The molecule has 1 rings (SSSR count). The average molecular weight is 379 g/mol. The number of nitrogens with one attached hydrogen (secondary N) is 2. The maximum atomic E-state index is 11.9. The minimum absolute atomic E-state index is 0.0823. The van der Waals surface area contributed by atoms with Gasteiger partial charge in [-0.3, -0.25) is 14.4 Å². The summed E-state index contributed by atoms with van der Waals surface area (Å²) in [6.07, 6.45) is 0. The lowest BCUT2D eigenvalue weighted by Gasteiger charge is -2.17. The summed E-state index contributed by atoms with van der Waals surface area (Å²) < 4.78 is 10.8. The molecular formula is C19H29N3O5. The molecule has 2 N–H and O–H groups in total. The lowest BCUT2D eigenvalue weighted by Crippen LogP contribution is -2.41. The Hall–Kier alpha value is -2.77. The Kier molecular flexibility index (Phi) is 8.08. The summed E-state index contributed by atoms with van der Waals surface area (Å²) in [6.45, 7) is 5.44. The molecule has 0 saturated carbocycles. The standard InChI is InChI=1S/C19H29N3O5/c1-19(2,3)18(25)21-11-16(23)20-10-13-7-8-14(15(9-13)26-6)27-12-17(24)22(4)5/h7-9H,10-12H2,1-6H3,(H,20,23)(H,21,25). The minimum atomic E-state index is -0.544.